The molecule has 1 saturated carbocycles. The molecule has 3 rings (SSSR count). The van der Waals surface area contributed by atoms with Crippen LogP contribution in [0.3, 0.4) is 0 Å². The van der Waals surface area contributed by atoms with Crippen LogP contribution >= 0.6 is 11.3 Å². The molecule has 3 heteroatoms. The summed E-state index contributed by atoms with van der Waals surface area (Å²) in [4.78, 5) is 6.51. The number of thiazole rings is 1. The predicted molar refractivity (Wildman–Crippen MR) is 77.1 cm³/mol. The highest BCUT2D eigenvalue weighted by Crippen LogP contribution is 2.43. The first-order valence-corrected chi connectivity index (χ1v) is 8.15. The van der Waals surface area contributed by atoms with E-state index in [1.807, 2.05) is 11.3 Å². The highest BCUT2D eigenvalue weighted by atomic mass is 32.1. The van der Waals surface area contributed by atoms with Crippen LogP contribution in [-0.2, 0) is 18.4 Å². The van der Waals surface area contributed by atoms with Gasteiger partial charge in [-0.05, 0) is 52.4 Å². The second kappa shape index (κ2) is 4.61. The fourth-order valence-electron chi connectivity index (χ4n) is 3.17. The first-order chi connectivity index (χ1) is 8.57. The van der Waals surface area contributed by atoms with Crippen LogP contribution in [0.5, 0.6) is 0 Å². The Kier molecular flexibility index (Phi) is 3.23. The Morgan fingerprint density at radius 3 is 2.78 bits per heavy atom. The lowest BCUT2D eigenvalue weighted by molar-refractivity contribution is 0.295. The SMILES string of the molecule is CC(C)NC(C)(CC1CC1)c1nc2c(s1)CCC2. The molecule has 1 unspecified atom stereocenters. The van der Waals surface area contributed by atoms with Crippen molar-refractivity contribution in [3.8, 4) is 0 Å². The van der Waals surface area contributed by atoms with Crippen molar-refractivity contribution in [2.45, 2.75) is 70.9 Å². The van der Waals surface area contributed by atoms with Crippen LogP contribution in [0.1, 0.15) is 62.0 Å². The summed E-state index contributed by atoms with van der Waals surface area (Å²) in [5.41, 5.74) is 1.49. The van der Waals surface area contributed by atoms with Gasteiger partial charge in [-0.15, -0.1) is 11.3 Å². The third-order valence-corrected chi connectivity index (χ3v) is 5.49. The lowest BCUT2D eigenvalue weighted by Gasteiger charge is -2.31. The molecule has 1 fully saturated rings. The zero-order chi connectivity index (χ0) is 12.8. The third-order valence-electron chi connectivity index (χ3n) is 4.07. The van der Waals surface area contributed by atoms with Gasteiger partial charge in [-0.1, -0.05) is 12.8 Å². The average Bonchev–Trinajstić information content (AvgIpc) is 2.81. The van der Waals surface area contributed by atoms with Crippen LogP contribution in [0.2, 0.25) is 0 Å². The molecule has 1 heterocycles. The Morgan fingerprint density at radius 1 is 1.39 bits per heavy atom. The van der Waals surface area contributed by atoms with Crippen molar-refractivity contribution in [3.63, 3.8) is 0 Å². The van der Waals surface area contributed by atoms with Crippen molar-refractivity contribution in [2.75, 3.05) is 0 Å². The van der Waals surface area contributed by atoms with Crippen molar-refractivity contribution in [3.05, 3.63) is 15.6 Å². The molecule has 2 nitrogen and oxygen atoms in total. The minimum Gasteiger partial charge on any atom is -0.303 e. The van der Waals surface area contributed by atoms with Gasteiger partial charge in [0.05, 0.1) is 11.2 Å². The second-order valence-corrected chi connectivity index (χ2v) is 7.60. The highest BCUT2D eigenvalue weighted by molar-refractivity contribution is 7.12. The molecule has 0 radical (unpaired) electrons. The lowest BCUT2D eigenvalue weighted by atomic mass is 9.94. The van der Waals surface area contributed by atoms with Gasteiger partial charge in [0.2, 0.25) is 0 Å². The van der Waals surface area contributed by atoms with Crippen molar-refractivity contribution >= 4 is 11.3 Å². The van der Waals surface area contributed by atoms with E-state index in [9.17, 15) is 0 Å². The number of nitrogens with zero attached hydrogens (tertiary/aromatic N) is 1. The number of rotatable bonds is 5. The number of hydrogen-bond donors (Lipinski definition) is 1. The van der Waals surface area contributed by atoms with E-state index in [0.29, 0.717) is 6.04 Å². The summed E-state index contributed by atoms with van der Waals surface area (Å²) >= 11 is 1.97. The van der Waals surface area contributed by atoms with Crippen LogP contribution in [0.4, 0.5) is 0 Å². The third kappa shape index (κ3) is 2.48. The van der Waals surface area contributed by atoms with Crippen LogP contribution < -0.4 is 5.32 Å². The lowest BCUT2D eigenvalue weighted by Crippen LogP contribution is -2.44. The van der Waals surface area contributed by atoms with Crippen molar-refractivity contribution < 1.29 is 0 Å². The number of aromatic nitrogens is 1. The average molecular weight is 264 g/mol. The van der Waals surface area contributed by atoms with E-state index in [4.69, 9.17) is 4.98 Å². The fraction of sp³-hybridized carbons (Fsp3) is 0.800. The van der Waals surface area contributed by atoms with Crippen molar-refractivity contribution in [2.24, 2.45) is 5.92 Å². The number of fused-ring (bicyclic) bond motifs is 1. The summed E-state index contributed by atoms with van der Waals surface area (Å²) in [6, 6.07) is 0.521. The van der Waals surface area contributed by atoms with Crippen LogP contribution in [0, 0.1) is 5.92 Å². The van der Waals surface area contributed by atoms with E-state index in [1.54, 1.807) is 4.88 Å². The number of aryl methyl sites for hydroxylation is 2. The molecule has 0 amide bonds. The first kappa shape index (κ1) is 12.6. The Balaban J connectivity index is 1.85. The molecule has 0 spiro atoms. The quantitative estimate of drug-likeness (QED) is 0.878. The van der Waals surface area contributed by atoms with E-state index in [-0.39, 0.29) is 5.54 Å². The summed E-state index contributed by atoms with van der Waals surface area (Å²) in [5, 5.41) is 5.12. The van der Waals surface area contributed by atoms with Gasteiger partial charge in [-0.25, -0.2) is 4.98 Å². The topological polar surface area (TPSA) is 24.9 Å². The fourth-order valence-corrected chi connectivity index (χ4v) is 4.44. The van der Waals surface area contributed by atoms with Crippen molar-refractivity contribution in [1.82, 2.24) is 10.3 Å². The molecule has 0 aliphatic heterocycles. The molecule has 1 aromatic rings. The van der Waals surface area contributed by atoms with E-state index >= 15 is 0 Å². The summed E-state index contributed by atoms with van der Waals surface area (Å²) in [7, 11) is 0. The van der Waals surface area contributed by atoms with Gasteiger partial charge in [0.15, 0.2) is 0 Å². The van der Waals surface area contributed by atoms with Gasteiger partial charge in [-0.2, -0.15) is 0 Å². The highest BCUT2D eigenvalue weighted by Gasteiger charge is 2.38. The number of nitrogens with one attached hydrogen (secondary N) is 1. The van der Waals surface area contributed by atoms with Crippen LogP contribution in [0.15, 0.2) is 0 Å². The molecular formula is C15H24N2S. The normalized spacial score (nSPS) is 22.2. The Morgan fingerprint density at radius 2 is 2.17 bits per heavy atom. The van der Waals surface area contributed by atoms with Crippen LogP contribution in [-0.4, -0.2) is 11.0 Å². The van der Waals surface area contributed by atoms with Gasteiger partial charge in [0, 0.05) is 10.9 Å². The zero-order valence-corrected chi connectivity index (χ0v) is 12.6. The molecule has 18 heavy (non-hydrogen) atoms. The molecule has 1 atom stereocenters. The predicted octanol–water partition coefficient (Wildman–Crippen LogP) is 3.65. The van der Waals surface area contributed by atoms with Crippen LogP contribution in [0.25, 0.3) is 0 Å². The molecule has 2 aliphatic rings. The van der Waals surface area contributed by atoms with Crippen molar-refractivity contribution in [1.29, 1.82) is 0 Å². The molecule has 2 aliphatic carbocycles. The maximum absolute atomic E-state index is 4.95. The van der Waals surface area contributed by atoms with E-state index in [1.165, 1.54) is 49.2 Å². The molecule has 0 bridgehead atoms. The summed E-state index contributed by atoms with van der Waals surface area (Å²) in [6.07, 6.45) is 7.87. The van der Waals surface area contributed by atoms with E-state index in [0.717, 1.165) is 5.92 Å². The smallest absolute Gasteiger partial charge is 0.113 e. The minimum absolute atomic E-state index is 0.102. The molecule has 0 aromatic carbocycles. The maximum atomic E-state index is 4.95. The molecule has 100 valence electrons. The number of hydrogen-bond acceptors (Lipinski definition) is 3. The van der Waals surface area contributed by atoms with E-state index in [2.05, 4.69) is 26.1 Å². The largest absolute Gasteiger partial charge is 0.303 e. The molecule has 1 N–H and O–H groups in total. The van der Waals surface area contributed by atoms with Gasteiger partial charge in [0.25, 0.3) is 0 Å². The molecule has 1 aromatic heterocycles. The summed E-state index contributed by atoms with van der Waals surface area (Å²) in [5.74, 6) is 0.931. The molecular weight excluding hydrogens is 240 g/mol. The van der Waals surface area contributed by atoms with Gasteiger partial charge >= 0.3 is 0 Å². The first-order valence-electron chi connectivity index (χ1n) is 7.33. The van der Waals surface area contributed by atoms with Gasteiger partial charge in [0.1, 0.15) is 5.01 Å². The van der Waals surface area contributed by atoms with E-state index < -0.39 is 0 Å². The Bertz CT molecular complexity index is 406. The minimum atomic E-state index is 0.102. The Labute approximate surface area is 114 Å². The molecule has 0 saturated heterocycles. The van der Waals surface area contributed by atoms with Gasteiger partial charge < -0.3 is 5.32 Å². The van der Waals surface area contributed by atoms with Gasteiger partial charge in [-0.3, -0.25) is 0 Å². The zero-order valence-electron chi connectivity index (χ0n) is 11.8. The summed E-state index contributed by atoms with van der Waals surface area (Å²) in [6.45, 7) is 6.85. The second-order valence-electron chi connectivity index (χ2n) is 6.52. The summed E-state index contributed by atoms with van der Waals surface area (Å²) < 4.78 is 0. The standard InChI is InChI=1S/C15H24N2S/c1-10(2)17-15(3,9-11-7-8-11)14-16-12-5-4-6-13(12)18-14/h10-11,17H,4-9H2,1-3H3. The Hall–Kier alpha value is -0.410. The maximum Gasteiger partial charge on any atom is 0.113 e. The monoisotopic (exact) mass is 264 g/mol.